The lowest BCUT2D eigenvalue weighted by atomic mass is 10.1. The fourth-order valence-electron chi connectivity index (χ4n) is 3.44. The van der Waals surface area contributed by atoms with Gasteiger partial charge in [0.25, 0.3) is 0 Å². The highest BCUT2D eigenvalue weighted by Gasteiger charge is 2.25. The van der Waals surface area contributed by atoms with E-state index in [0.29, 0.717) is 30.5 Å². The lowest BCUT2D eigenvalue weighted by Gasteiger charge is -2.25. The van der Waals surface area contributed by atoms with Crippen molar-refractivity contribution in [2.24, 2.45) is 4.99 Å². The number of hydrogen-bond acceptors (Lipinski definition) is 3. The minimum absolute atomic E-state index is 0. The number of guanidine groups is 1. The summed E-state index contributed by atoms with van der Waals surface area (Å²) in [5.41, 5.74) is 2.18. The van der Waals surface area contributed by atoms with Crippen LogP contribution in [0.1, 0.15) is 43.4 Å². The first-order chi connectivity index (χ1) is 14.0. The molecule has 0 aromatic heterocycles. The first kappa shape index (κ1) is 24.6. The van der Waals surface area contributed by atoms with Crippen LogP contribution >= 0.6 is 24.0 Å². The molecule has 0 amide bonds. The third kappa shape index (κ3) is 6.42. The van der Waals surface area contributed by atoms with Gasteiger partial charge in [-0.3, -0.25) is 4.99 Å². The summed E-state index contributed by atoms with van der Waals surface area (Å²) >= 11 is 0. The Kier molecular flexibility index (Phi) is 9.57. The average molecular weight is 542 g/mol. The smallest absolute Gasteiger partial charge is 0.243 e. The molecule has 1 atom stereocenters. The van der Waals surface area contributed by atoms with Crippen molar-refractivity contribution in [1.29, 1.82) is 0 Å². The highest BCUT2D eigenvalue weighted by molar-refractivity contribution is 14.0. The fourth-order valence-corrected chi connectivity index (χ4v) is 4.96. The van der Waals surface area contributed by atoms with Crippen LogP contribution in [0.2, 0.25) is 0 Å². The lowest BCUT2D eigenvalue weighted by Crippen LogP contribution is -2.38. The molecule has 164 valence electrons. The molecule has 0 aliphatic carbocycles. The molecule has 6 nitrogen and oxygen atoms in total. The van der Waals surface area contributed by atoms with Gasteiger partial charge in [0, 0.05) is 26.7 Å². The predicted octanol–water partition coefficient (Wildman–Crippen LogP) is 3.91. The molecule has 0 radical (unpaired) electrons. The number of nitrogens with zero attached hydrogens (tertiary/aromatic N) is 2. The molecule has 2 aromatic rings. The van der Waals surface area contributed by atoms with E-state index in [1.807, 2.05) is 30.3 Å². The maximum atomic E-state index is 12.7. The van der Waals surface area contributed by atoms with Crippen LogP contribution in [0.15, 0.2) is 64.5 Å². The summed E-state index contributed by atoms with van der Waals surface area (Å²) in [7, 11) is -1.65. The van der Waals surface area contributed by atoms with Crippen LogP contribution < -0.4 is 10.6 Å². The molecule has 1 aliphatic rings. The highest BCUT2D eigenvalue weighted by atomic mass is 127. The van der Waals surface area contributed by atoms with E-state index in [2.05, 4.69) is 34.7 Å². The van der Waals surface area contributed by atoms with E-state index in [9.17, 15) is 8.42 Å². The van der Waals surface area contributed by atoms with Crippen molar-refractivity contribution in [1.82, 2.24) is 14.9 Å². The van der Waals surface area contributed by atoms with Crippen LogP contribution in [-0.2, 0) is 16.6 Å². The standard InChI is InChI=1S/C22H30N4O2S.HI/c1-18(20-9-5-3-6-10-20)25-22(23-2)24-17-19-11-13-21(14-12-19)29(27,28)26-15-7-4-8-16-26;/h3,5-6,9-14,18H,4,7-8,15-17H2,1-2H3,(H2,23,24,25);1H. The maximum Gasteiger partial charge on any atom is 0.243 e. The largest absolute Gasteiger partial charge is 0.352 e. The minimum Gasteiger partial charge on any atom is -0.352 e. The van der Waals surface area contributed by atoms with Crippen molar-refractivity contribution >= 4 is 40.0 Å². The van der Waals surface area contributed by atoms with E-state index in [4.69, 9.17) is 0 Å². The fraction of sp³-hybridized carbons (Fsp3) is 0.409. The van der Waals surface area contributed by atoms with Crippen molar-refractivity contribution in [2.75, 3.05) is 20.1 Å². The zero-order valence-electron chi connectivity index (χ0n) is 17.5. The topological polar surface area (TPSA) is 73.8 Å². The van der Waals surface area contributed by atoms with E-state index in [1.165, 1.54) is 5.56 Å². The second kappa shape index (κ2) is 11.7. The number of piperidine rings is 1. The van der Waals surface area contributed by atoms with Crippen LogP contribution in [0, 0.1) is 0 Å². The lowest BCUT2D eigenvalue weighted by molar-refractivity contribution is 0.346. The Morgan fingerprint density at radius 2 is 1.67 bits per heavy atom. The van der Waals surface area contributed by atoms with Gasteiger partial charge in [-0.1, -0.05) is 48.9 Å². The molecule has 3 rings (SSSR count). The molecule has 1 aliphatic heterocycles. The summed E-state index contributed by atoms with van der Waals surface area (Å²) in [5.74, 6) is 0.700. The van der Waals surface area contributed by atoms with E-state index in [1.54, 1.807) is 23.5 Å². The number of hydrogen-bond donors (Lipinski definition) is 2. The second-order valence-corrected chi connectivity index (χ2v) is 9.25. The van der Waals surface area contributed by atoms with Crippen molar-refractivity contribution in [2.45, 2.75) is 43.7 Å². The minimum atomic E-state index is -3.38. The average Bonchev–Trinajstić information content (AvgIpc) is 2.78. The molecule has 0 spiro atoms. The first-order valence-electron chi connectivity index (χ1n) is 10.1. The van der Waals surface area contributed by atoms with Gasteiger partial charge in [0.15, 0.2) is 5.96 Å². The van der Waals surface area contributed by atoms with Crippen LogP contribution in [0.5, 0.6) is 0 Å². The van der Waals surface area contributed by atoms with Gasteiger partial charge in [-0.2, -0.15) is 4.31 Å². The van der Waals surface area contributed by atoms with Gasteiger partial charge in [0.05, 0.1) is 10.9 Å². The summed E-state index contributed by atoms with van der Waals surface area (Å²) < 4.78 is 27.1. The van der Waals surface area contributed by atoms with Gasteiger partial charge in [-0.15, -0.1) is 24.0 Å². The van der Waals surface area contributed by atoms with Crippen LogP contribution in [0.3, 0.4) is 0 Å². The Balaban J connectivity index is 0.00000320. The maximum absolute atomic E-state index is 12.7. The summed E-state index contributed by atoms with van der Waals surface area (Å²) in [6, 6.07) is 17.4. The Morgan fingerprint density at radius 3 is 2.27 bits per heavy atom. The number of halogens is 1. The third-order valence-corrected chi connectivity index (χ3v) is 7.13. The Bertz CT molecular complexity index is 912. The molecule has 30 heavy (non-hydrogen) atoms. The summed E-state index contributed by atoms with van der Waals surface area (Å²) in [4.78, 5) is 4.64. The molecule has 1 unspecified atom stereocenters. The molecule has 1 heterocycles. The molecule has 2 aromatic carbocycles. The SMILES string of the molecule is CN=C(NCc1ccc(S(=O)(=O)N2CCCCC2)cc1)NC(C)c1ccccc1.I. The molecular weight excluding hydrogens is 511 g/mol. The Morgan fingerprint density at radius 1 is 1.03 bits per heavy atom. The number of sulfonamides is 1. The zero-order chi connectivity index (χ0) is 20.7. The number of aliphatic imine (C=N–C) groups is 1. The Labute approximate surface area is 197 Å². The molecule has 0 saturated carbocycles. The van der Waals surface area contributed by atoms with E-state index in [-0.39, 0.29) is 30.0 Å². The van der Waals surface area contributed by atoms with Crippen molar-refractivity contribution < 1.29 is 8.42 Å². The summed E-state index contributed by atoms with van der Waals surface area (Å²) in [6.07, 6.45) is 2.98. The second-order valence-electron chi connectivity index (χ2n) is 7.31. The van der Waals surface area contributed by atoms with Crippen molar-refractivity contribution in [3.05, 3.63) is 65.7 Å². The zero-order valence-corrected chi connectivity index (χ0v) is 20.7. The van der Waals surface area contributed by atoms with Gasteiger partial charge < -0.3 is 10.6 Å². The molecule has 2 N–H and O–H groups in total. The molecule has 0 bridgehead atoms. The molecule has 1 fully saturated rings. The predicted molar refractivity (Wildman–Crippen MR) is 133 cm³/mol. The van der Waals surface area contributed by atoms with Crippen molar-refractivity contribution in [3.63, 3.8) is 0 Å². The molecular formula is C22H31IN4O2S. The number of rotatable bonds is 6. The normalized spacial score (nSPS) is 16.4. The van der Waals surface area contributed by atoms with Crippen molar-refractivity contribution in [3.8, 4) is 0 Å². The summed E-state index contributed by atoms with van der Waals surface area (Å²) in [5, 5.41) is 6.66. The number of benzene rings is 2. The first-order valence-corrected chi connectivity index (χ1v) is 11.6. The van der Waals surface area contributed by atoms with Gasteiger partial charge in [-0.05, 0) is 43.0 Å². The molecule has 1 saturated heterocycles. The number of nitrogens with one attached hydrogen (secondary N) is 2. The van der Waals surface area contributed by atoms with Gasteiger partial charge >= 0.3 is 0 Å². The third-order valence-electron chi connectivity index (χ3n) is 5.21. The Hall–Kier alpha value is -1.65. The molecule has 8 heteroatoms. The summed E-state index contributed by atoms with van der Waals surface area (Å²) in [6.45, 7) is 3.88. The quantitative estimate of drug-likeness (QED) is 0.330. The van der Waals surface area contributed by atoms with Gasteiger partial charge in [-0.25, -0.2) is 8.42 Å². The van der Waals surface area contributed by atoms with Crippen LogP contribution in [0.25, 0.3) is 0 Å². The van der Waals surface area contributed by atoms with Gasteiger partial charge in [0.2, 0.25) is 10.0 Å². The van der Waals surface area contributed by atoms with Crippen LogP contribution in [-0.4, -0.2) is 38.8 Å². The van der Waals surface area contributed by atoms with E-state index < -0.39 is 10.0 Å². The van der Waals surface area contributed by atoms with Gasteiger partial charge in [0.1, 0.15) is 0 Å². The van der Waals surface area contributed by atoms with E-state index >= 15 is 0 Å². The van der Waals surface area contributed by atoms with E-state index in [0.717, 1.165) is 24.8 Å². The highest BCUT2D eigenvalue weighted by Crippen LogP contribution is 2.20. The monoisotopic (exact) mass is 542 g/mol. The van der Waals surface area contributed by atoms with Crippen LogP contribution in [0.4, 0.5) is 0 Å².